The van der Waals surface area contributed by atoms with E-state index < -0.39 is 5.41 Å². The molecule has 1 aliphatic carbocycles. The summed E-state index contributed by atoms with van der Waals surface area (Å²) in [6, 6.07) is 12.9. The Balaban J connectivity index is 1.77. The molecule has 1 fully saturated rings. The van der Waals surface area contributed by atoms with Crippen LogP contribution in [-0.4, -0.2) is 18.4 Å². The van der Waals surface area contributed by atoms with E-state index in [2.05, 4.69) is 10.6 Å². The monoisotopic (exact) mass is 368 g/mol. The number of hydrogen-bond donors (Lipinski definition) is 2. The molecule has 0 bridgehead atoms. The quantitative estimate of drug-likeness (QED) is 0.821. The highest BCUT2D eigenvalue weighted by Crippen LogP contribution is 2.40. The van der Waals surface area contributed by atoms with Gasteiger partial charge in [0.1, 0.15) is 5.82 Å². The van der Waals surface area contributed by atoms with E-state index in [0.29, 0.717) is 17.8 Å². The highest BCUT2D eigenvalue weighted by molar-refractivity contribution is 6.04. The van der Waals surface area contributed by atoms with Gasteiger partial charge in [-0.2, -0.15) is 0 Å². The van der Waals surface area contributed by atoms with Crippen molar-refractivity contribution in [3.8, 4) is 0 Å². The third-order valence-electron chi connectivity index (χ3n) is 5.28. The van der Waals surface area contributed by atoms with Gasteiger partial charge in [0.2, 0.25) is 5.91 Å². The molecular weight excluding hydrogens is 343 g/mol. The normalized spacial score (nSPS) is 15.8. The van der Waals surface area contributed by atoms with Crippen LogP contribution in [0.3, 0.4) is 0 Å². The van der Waals surface area contributed by atoms with Gasteiger partial charge in [-0.25, -0.2) is 4.39 Å². The second-order valence-corrected chi connectivity index (χ2v) is 7.04. The molecule has 0 saturated heterocycles. The maximum atomic E-state index is 13.0. The number of benzene rings is 2. The Bertz CT molecular complexity index is 794. The van der Waals surface area contributed by atoms with Crippen LogP contribution >= 0.6 is 0 Å². The summed E-state index contributed by atoms with van der Waals surface area (Å²) in [6.45, 7) is 2.55. The van der Waals surface area contributed by atoms with Crippen LogP contribution in [0.25, 0.3) is 0 Å². The Labute approximate surface area is 159 Å². The second kappa shape index (κ2) is 8.33. The molecule has 3 rings (SSSR count). The molecule has 2 N–H and O–H groups in total. The SMILES string of the molecule is CCNC(=O)C1(c2ccc(NC(=O)c3ccc(F)cc3)cc2)CCCCC1. The number of carbonyl (C=O) groups is 2. The summed E-state index contributed by atoms with van der Waals surface area (Å²) in [7, 11) is 0. The highest BCUT2D eigenvalue weighted by Gasteiger charge is 2.40. The van der Waals surface area contributed by atoms with Crippen LogP contribution in [0.5, 0.6) is 0 Å². The van der Waals surface area contributed by atoms with Crippen LogP contribution in [-0.2, 0) is 10.2 Å². The first-order chi connectivity index (χ1) is 13.0. The van der Waals surface area contributed by atoms with Crippen molar-refractivity contribution in [1.82, 2.24) is 5.32 Å². The Kier molecular flexibility index (Phi) is 5.89. The standard InChI is InChI=1S/C22H25FN2O2/c1-2-24-21(27)22(14-4-3-5-15-22)17-8-12-19(13-9-17)25-20(26)16-6-10-18(23)11-7-16/h6-13H,2-5,14-15H2,1H3,(H,24,27)(H,25,26). The Morgan fingerprint density at radius 3 is 2.19 bits per heavy atom. The zero-order valence-corrected chi connectivity index (χ0v) is 15.6. The third-order valence-corrected chi connectivity index (χ3v) is 5.28. The van der Waals surface area contributed by atoms with Gasteiger partial charge in [0.05, 0.1) is 5.41 Å². The topological polar surface area (TPSA) is 58.2 Å². The van der Waals surface area contributed by atoms with Crippen LogP contribution in [0, 0.1) is 5.82 Å². The van der Waals surface area contributed by atoms with Crippen LogP contribution < -0.4 is 10.6 Å². The molecule has 0 aromatic heterocycles. The molecule has 142 valence electrons. The van der Waals surface area contributed by atoms with Crippen LogP contribution in [0.1, 0.15) is 54.9 Å². The van der Waals surface area contributed by atoms with Crippen LogP contribution in [0.4, 0.5) is 10.1 Å². The van der Waals surface area contributed by atoms with Crippen LogP contribution in [0.15, 0.2) is 48.5 Å². The fraction of sp³-hybridized carbons (Fsp3) is 0.364. The molecule has 0 spiro atoms. The molecule has 1 saturated carbocycles. The van der Waals surface area contributed by atoms with E-state index in [-0.39, 0.29) is 17.6 Å². The fourth-order valence-corrected chi connectivity index (χ4v) is 3.81. The Hall–Kier alpha value is -2.69. The van der Waals surface area contributed by atoms with Gasteiger partial charge in [0.25, 0.3) is 5.91 Å². The van der Waals surface area contributed by atoms with Gasteiger partial charge < -0.3 is 10.6 Å². The summed E-state index contributed by atoms with van der Waals surface area (Å²) >= 11 is 0. The molecule has 2 aromatic carbocycles. The highest BCUT2D eigenvalue weighted by atomic mass is 19.1. The summed E-state index contributed by atoms with van der Waals surface area (Å²) in [4.78, 5) is 25.1. The molecule has 0 unspecified atom stereocenters. The van der Waals surface area contributed by atoms with Gasteiger partial charge in [0.15, 0.2) is 0 Å². The summed E-state index contributed by atoms with van der Waals surface area (Å²) in [5.74, 6) is -0.578. The summed E-state index contributed by atoms with van der Waals surface area (Å²) in [5, 5.41) is 5.80. The predicted molar refractivity (Wildman–Crippen MR) is 104 cm³/mol. The van der Waals surface area contributed by atoms with E-state index in [1.165, 1.54) is 24.3 Å². The second-order valence-electron chi connectivity index (χ2n) is 7.04. The zero-order valence-electron chi connectivity index (χ0n) is 15.6. The average Bonchev–Trinajstić information content (AvgIpc) is 2.69. The largest absolute Gasteiger partial charge is 0.356 e. The maximum absolute atomic E-state index is 13.0. The first-order valence-electron chi connectivity index (χ1n) is 9.51. The van der Waals surface area contributed by atoms with Crippen molar-refractivity contribution < 1.29 is 14.0 Å². The van der Waals surface area contributed by atoms with Gasteiger partial charge in [-0.15, -0.1) is 0 Å². The van der Waals surface area contributed by atoms with E-state index in [1.54, 1.807) is 0 Å². The van der Waals surface area contributed by atoms with E-state index in [9.17, 15) is 14.0 Å². The first kappa shape index (κ1) is 19.1. The number of halogens is 1. The minimum absolute atomic E-state index is 0.0906. The molecule has 27 heavy (non-hydrogen) atoms. The minimum atomic E-state index is -0.478. The molecule has 5 heteroatoms. The van der Waals surface area contributed by atoms with E-state index in [1.807, 2.05) is 31.2 Å². The van der Waals surface area contributed by atoms with Crippen molar-refractivity contribution in [2.75, 3.05) is 11.9 Å². The molecule has 0 atom stereocenters. The number of hydrogen-bond acceptors (Lipinski definition) is 2. The number of nitrogens with one attached hydrogen (secondary N) is 2. The van der Waals surface area contributed by atoms with Crippen LogP contribution in [0.2, 0.25) is 0 Å². The van der Waals surface area contributed by atoms with Crippen molar-refractivity contribution in [1.29, 1.82) is 0 Å². The van der Waals surface area contributed by atoms with E-state index in [0.717, 1.165) is 37.7 Å². The van der Waals surface area contributed by atoms with Gasteiger partial charge in [-0.05, 0) is 61.7 Å². The van der Waals surface area contributed by atoms with Crippen molar-refractivity contribution in [2.24, 2.45) is 0 Å². The lowest BCUT2D eigenvalue weighted by Crippen LogP contribution is -2.45. The number of likely N-dealkylation sites (N-methyl/N-ethyl adjacent to an activating group) is 1. The number of carbonyl (C=O) groups excluding carboxylic acids is 2. The first-order valence-corrected chi connectivity index (χ1v) is 9.51. The summed E-state index contributed by atoms with van der Waals surface area (Å²) < 4.78 is 13.0. The van der Waals surface area contributed by atoms with Gasteiger partial charge in [0, 0.05) is 17.8 Å². The molecule has 0 heterocycles. The Morgan fingerprint density at radius 2 is 1.59 bits per heavy atom. The molecule has 1 aliphatic rings. The van der Waals surface area contributed by atoms with Crippen molar-refractivity contribution in [2.45, 2.75) is 44.4 Å². The number of anilines is 1. The van der Waals surface area contributed by atoms with E-state index >= 15 is 0 Å². The molecule has 2 aromatic rings. The molecule has 0 radical (unpaired) electrons. The number of rotatable bonds is 5. The molecule has 2 amide bonds. The summed E-state index contributed by atoms with van der Waals surface area (Å²) in [5.41, 5.74) is 1.56. The maximum Gasteiger partial charge on any atom is 0.255 e. The smallest absolute Gasteiger partial charge is 0.255 e. The minimum Gasteiger partial charge on any atom is -0.356 e. The fourth-order valence-electron chi connectivity index (χ4n) is 3.81. The van der Waals surface area contributed by atoms with Gasteiger partial charge >= 0.3 is 0 Å². The lowest BCUT2D eigenvalue weighted by atomic mass is 9.68. The molecule has 4 nitrogen and oxygen atoms in total. The van der Waals surface area contributed by atoms with E-state index in [4.69, 9.17) is 0 Å². The average molecular weight is 368 g/mol. The predicted octanol–water partition coefficient (Wildman–Crippen LogP) is 4.42. The lowest BCUT2D eigenvalue weighted by molar-refractivity contribution is -0.128. The molecule has 0 aliphatic heterocycles. The Morgan fingerprint density at radius 1 is 0.963 bits per heavy atom. The van der Waals surface area contributed by atoms with Gasteiger partial charge in [-0.3, -0.25) is 9.59 Å². The lowest BCUT2D eigenvalue weighted by Gasteiger charge is -2.36. The van der Waals surface area contributed by atoms with Crippen molar-refractivity contribution in [3.05, 3.63) is 65.5 Å². The van der Waals surface area contributed by atoms with Crippen molar-refractivity contribution in [3.63, 3.8) is 0 Å². The van der Waals surface area contributed by atoms with Crippen molar-refractivity contribution >= 4 is 17.5 Å². The number of amides is 2. The van der Waals surface area contributed by atoms with Gasteiger partial charge in [-0.1, -0.05) is 31.4 Å². The zero-order chi connectivity index (χ0) is 19.3. The molecular formula is C22H25FN2O2. The third kappa shape index (κ3) is 4.18. The summed E-state index contributed by atoms with van der Waals surface area (Å²) in [6.07, 6.45) is 4.94.